The van der Waals surface area contributed by atoms with Gasteiger partial charge in [0.05, 0.1) is 5.69 Å². The highest BCUT2D eigenvalue weighted by molar-refractivity contribution is 7.98. The van der Waals surface area contributed by atoms with Crippen molar-refractivity contribution in [3.8, 4) is 17.3 Å². The van der Waals surface area contributed by atoms with Crippen LogP contribution in [0.4, 0.5) is 0 Å². The van der Waals surface area contributed by atoms with E-state index in [1.54, 1.807) is 0 Å². The predicted octanol–water partition coefficient (Wildman–Crippen LogP) is 3.65. The average molecular weight is 356 g/mol. The fourth-order valence-corrected chi connectivity index (χ4v) is 3.23. The fourth-order valence-electron chi connectivity index (χ4n) is 2.85. The van der Waals surface area contributed by atoms with Crippen molar-refractivity contribution in [2.75, 3.05) is 6.26 Å². The highest BCUT2D eigenvalue weighted by atomic mass is 32.2. The highest BCUT2D eigenvalue weighted by Gasteiger charge is 2.16. The van der Waals surface area contributed by atoms with Crippen LogP contribution in [-0.2, 0) is 6.54 Å². The van der Waals surface area contributed by atoms with Gasteiger partial charge in [-0.3, -0.25) is 9.69 Å². The molecule has 0 aliphatic rings. The number of hydrogen-bond acceptors (Lipinski definition) is 5. The van der Waals surface area contributed by atoms with E-state index in [-0.39, 0.29) is 5.56 Å². The van der Waals surface area contributed by atoms with E-state index in [1.807, 2.05) is 30.5 Å². The van der Waals surface area contributed by atoms with Gasteiger partial charge in [-0.05, 0) is 45.6 Å². The molecule has 0 radical (unpaired) electrons. The molecular formula is C19H24N4OS. The topological polar surface area (TPSA) is 72.8 Å². The number of nitrogens with zero attached hydrogens (tertiary/aromatic N) is 3. The number of nitriles is 1. The molecule has 6 heteroatoms. The summed E-state index contributed by atoms with van der Waals surface area (Å²) in [6, 6.07) is 10.8. The molecule has 5 nitrogen and oxygen atoms in total. The van der Waals surface area contributed by atoms with E-state index in [0.717, 1.165) is 17.7 Å². The molecule has 0 fully saturated rings. The molecule has 1 N–H and O–H groups in total. The van der Waals surface area contributed by atoms with Gasteiger partial charge >= 0.3 is 0 Å². The van der Waals surface area contributed by atoms with E-state index in [0.29, 0.717) is 22.9 Å². The lowest BCUT2D eigenvalue weighted by Crippen LogP contribution is -2.36. The predicted molar refractivity (Wildman–Crippen MR) is 103 cm³/mol. The quantitative estimate of drug-likeness (QED) is 0.632. The Kier molecular flexibility index (Phi) is 6.40. The van der Waals surface area contributed by atoms with Gasteiger partial charge < -0.3 is 4.98 Å². The van der Waals surface area contributed by atoms with Crippen molar-refractivity contribution in [2.24, 2.45) is 0 Å². The van der Waals surface area contributed by atoms with Gasteiger partial charge in [-0.2, -0.15) is 5.26 Å². The lowest BCUT2D eigenvalue weighted by molar-refractivity contribution is 0.166. The zero-order valence-corrected chi connectivity index (χ0v) is 16.1. The number of nitrogens with one attached hydrogen (secondary N) is 1. The normalized spacial score (nSPS) is 11.3. The van der Waals surface area contributed by atoms with E-state index >= 15 is 0 Å². The molecule has 0 spiro atoms. The number of aromatic nitrogens is 2. The molecule has 0 atom stereocenters. The molecule has 1 aromatic heterocycles. The Balaban J connectivity index is 2.48. The molecule has 1 heterocycles. The van der Waals surface area contributed by atoms with Crippen LogP contribution in [0.2, 0.25) is 0 Å². The molecule has 2 aromatic rings. The summed E-state index contributed by atoms with van der Waals surface area (Å²) in [4.78, 5) is 21.6. The van der Waals surface area contributed by atoms with E-state index < -0.39 is 5.56 Å². The number of aromatic amines is 1. The molecule has 0 bridgehead atoms. The van der Waals surface area contributed by atoms with Crippen LogP contribution in [0.3, 0.4) is 0 Å². The minimum absolute atomic E-state index is 0.0551. The van der Waals surface area contributed by atoms with Gasteiger partial charge in [0.25, 0.3) is 5.56 Å². The molecule has 0 saturated carbocycles. The molecular weight excluding hydrogens is 332 g/mol. The first kappa shape index (κ1) is 19.2. The van der Waals surface area contributed by atoms with E-state index in [1.165, 1.54) is 11.8 Å². The van der Waals surface area contributed by atoms with Crippen molar-refractivity contribution in [1.29, 1.82) is 5.26 Å². The molecule has 0 aliphatic carbocycles. The SMILES string of the molecule is CSc1nc(-c2cccc(CN(C(C)C)C(C)C)c2)c(C#N)c(=O)[nH]1. The summed E-state index contributed by atoms with van der Waals surface area (Å²) in [7, 11) is 0. The van der Waals surface area contributed by atoms with Crippen LogP contribution in [0.5, 0.6) is 0 Å². The Morgan fingerprint density at radius 2 is 1.96 bits per heavy atom. The maximum absolute atomic E-state index is 12.1. The first-order valence-corrected chi connectivity index (χ1v) is 9.53. The molecule has 0 unspecified atom stereocenters. The lowest BCUT2D eigenvalue weighted by Gasteiger charge is -2.30. The summed E-state index contributed by atoms with van der Waals surface area (Å²) in [5, 5.41) is 9.87. The second kappa shape index (κ2) is 8.32. The zero-order chi connectivity index (χ0) is 18.6. The van der Waals surface area contributed by atoms with Crippen molar-refractivity contribution in [3.05, 3.63) is 45.7 Å². The van der Waals surface area contributed by atoms with Crippen LogP contribution in [0.15, 0.2) is 34.2 Å². The zero-order valence-electron chi connectivity index (χ0n) is 15.3. The van der Waals surface area contributed by atoms with E-state index in [9.17, 15) is 10.1 Å². The third kappa shape index (κ3) is 4.50. The first-order valence-electron chi connectivity index (χ1n) is 8.30. The molecule has 132 valence electrons. The van der Waals surface area contributed by atoms with Gasteiger partial charge in [-0.15, -0.1) is 0 Å². The number of hydrogen-bond donors (Lipinski definition) is 1. The maximum atomic E-state index is 12.1. The highest BCUT2D eigenvalue weighted by Crippen LogP contribution is 2.23. The Morgan fingerprint density at radius 1 is 1.28 bits per heavy atom. The van der Waals surface area contributed by atoms with Crippen molar-refractivity contribution in [3.63, 3.8) is 0 Å². The molecule has 0 aliphatic heterocycles. The molecule has 0 saturated heterocycles. The van der Waals surface area contributed by atoms with Crippen LogP contribution in [0.25, 0.3) is 11.3 Å². The lowest BCUT2D eigenvalue weighted by atomic mass is 10.0. The average Bonchev–Trinajstić information content (AvgIpc) is 2.58. The Hall–Kier alpha value is -2.10. The summed E-state index contributed by atoms with van der Waals surface area (Å²) in [6.45, 7) is 9.53. The van der Waals surface area contributed by atoms with Crippen LogP contribution in [0, 0.1) is 11.3 Å². The van der Waals surface area contributed by atoms with Crippen LogP contribution < -0.4 is 5.56 Å². The van der Waals surface area contributed by atoms with Crippen LogP contribution in [0.1, 0.15) is 38.8 Å². The van der Waals surface area contributed by atoms with Gasteiger partial charge in [0.15, 0.2) is 5.16 Å². The monoisotopic (exact) mass is 356 g/mol. The molecule has 2 rings (SSSR count). The summed E-state index contributed by atoms with van der Waals surface area (Å²) in [5.74, 6) is 0. The number of benzene rings is 1. The number of thioether (sulfide) groups is 1. The van der Waals surface area contributed by atoms with E-state index in [2.05, 4.69) is 48.6 Å². The third-order valence-electron chi connectivity index (χ3n) is 4.09. The summed E-state index contributed by atoms with van der Waals surface area (Å²) >= 11 is 1.35. The van der Waals surface area contributed by atoms with Gasteiger partial charge in [-0.25, -0.2) is 4.98 Å². The smallest absolute Gasteiger partial charge is 0.270 e. The minimum atomic E-state index is -0.395. The van der Waals surface area contributed by atoms with Crippen LogP contribution >= 0.6 is 11.8 Å². The van der Waals surface area contributed by atoms with Crippen molar-refractivity contribution >= 4 is 11.8 Å². The standard InChI is InChI=1S/C19H24N4OS/c1-12(2)23(13(3)4)11-14-7-6-8-15(9-14)17-16(10-20)18(24)22-19(21-17)25-5/h6-9,12-13H,11H2,1-5H3,(H,21,22,24). The summed E-state index contributed by atoms with van der Waals surface area (Å²) in [5.41, 5.74) is 2.03. The maximum Gasteiger partial charge on any atom is 0.270 e. The van der Waals surface area contributed by atoms with E-state index in [4.69, 9.17) is 0 Å². The number of H-pyrrole nitrogens is 1. The molecule has 1 aromatic carbocycles. The Morgan fingerprint density at radius 3 is 2.52 bits per heavy atom. The Labute approximate surface area is 153 Å². The molecule has 0 amide bonds. The van der Waals surface area contributed by atoms with Crippen molar-refractivity contribution in [1.82, 2.24) is 14.9 Å². The van der Waals surface area contributed by atoms with Gasteiger partial charge in [0, 0.05) is 24.2 Å². The summed E-state index contributed by atoms with van der Waals surface area (Å²) in [6.07, 6.45) is 1.84. The fraction of sp³-hybridized carbons (Fsp3) is 0.421. The van der Waals surface area contributed by atoms with Gasteiger partial charge in [-0.1, -0.05) is 30.0 Å². The molecule has 25 heavy (non-hydrogen) atoms. The first-order chi connectivity index (χ1) is 11.9. The van der Waals surface area contributed by atoms with Gasteiger partial charge in [0.2, 0.25) is 0 Å². The van der Waals surface area contributed by atoms with Gasteiger partial charge in [0.1, 0.15) is 11.6 Å². The minimum Gasteiger partial charge on any atom is -0.300 e. The second-order valence-electron chi connectivity index (χ2n) is 6.47. The third-order valence-corrected chi connectivity index (χ3v) is 4.68. The second-order valence-corrected chi connectivity index (χ2v) is 7.27. The summed E-state index contributed by atoms with van der Waals surface area (Å²) < 4.78 is 0. The number of rotatable bonds is 6. The van der Waals surface area contributed by atoms with Crippen LogP contribution in [-0.4, -0.2) is 33.2 Å². The van der Waals surface area contributed by atoms with Crippen molar-refractivity contribution in [2.45, 2.75) is 51.5 Å². The largest absolute Gasteiger partial charge is 0.300 e. The van der Waals surface area contributed by atoms with Crippen molar-refractivity contribution < 1.29 is 0 Å². The Bertz CT molecular complexity index is 828.